The topological polar surface area (TPSA) is 40.7 Å². The van der Waals surface area contributed by atoms with Crippen LogP contribution in [0.15, 0.2) is 36.7 Å². The maximum absolute atomic E-state index is 4.08. The van der Waals surface area contributed by atoms with Crippen molar-refractivity contribution in [2.24, 2.45) is 11.8 Å². The highest BCUT2D eigenvalue weighted by Gasteiger charge is 2.39. The number of rotatable bonds is 3. The van der Waals surface area contributed by atoms with Gasteiger partial charge in [0, 0.05) is 23.8 Å². The largest absolute Gasteiger partial charge is 0.307 e. The first-order valence-electron chi connectivity index (χ1n) is 8.13. The summed E-state index contributed by atoms with van der Waals surface area (Å²) < 4.78 is 0. The molecule has 1 fully saturated rings. The fraction of sp³-hybridized carbons (Fsp3) is 0.500. The molecule has 110 valence electrons. The van der Waals surface area contributed by atoms with Crippen LogP contribution < -0.4 is 5.32 Å². The zero-order valence-corrected chi connectivity index (χ0v) is 12.5. The van der Waals surface area contributed by atoms with Crippen molar-refractivity contribution < 1.29 is 0 Å². The van der Waals surface area contributed by atoms with Gasteiger partial charge in [-0.3, -0.25) is 5.10 Å². The summed E-state index contributed by atoms with van der Waals surface area (Å²) in [6.07, 6.45) is 9.16. The Morgan fingerprint density at radius 1 is 1.14 bits per heavy atom. The van der Waals surface area contributed by atoms with Gasteiger partial charge >= 0.3 is 0 Å². The average molecular weight is 281 g/mol. The highest BCUT2D eigenvalue weighted by Crippen LogP contribution is 2.40. The van der Waals surface area contributed by atoms with E-state index < -0.39 is 0 Å². The van der Waals surface area contributed by atoms with Crippen molar-refractivity contribution in [3.8, 4) is 0 Å². The number of fused-ring (bicyclic) bond motifs is 3. The molecule has 2 aliphatic rings. The van der Waals surface area contributed by atoms with Crippen molar-refractivity contribution >= 4 is 0 Å². The van der Waals surface area contributed by atoms with Crippen LogP contribution in [0, 0.1) is 11.8 Å². The van der Waals surface area contributed by atoms with Gasteiger partial charge in [0.25, 0.3) is 0 Å². The second-order valence-electron chi connectivity index (χ2n) is 6.72. The standard InChI is InChI=1S/C18H23N3/c1-12(17-10-19-20-11-17)21-18-15-6-7-16(18)9-14-5-3-2-4-13(14)8-15/h2-5,10-12,15-16,18,21H,6-9H2,1H3,(H,19,20). The van der Waals surface area contributed by atoms with Gasteiger partial charge in [0.2, 0.25) is 0 Å². The number of nitrogens with one attached hydrogen (secondary N) is 2. The van der Waals surface area contributed by atoms with Crippen LogP contribution in [-0.2, 0) is 12.8 Å². The van der Waals surface area contributed by atoms with Crippen molar-refractivity contribution in [3.63, 3.8) is 0 Å². The second kappa shape index (κ2) is 5.30. The van der Waals surface area contributed by atoms with Gasteiger partial charge in [0.05, 0.1) is 6.20 Å². The van der Waals surface area contributed by atoms with E-state index in [0.29, 0.717) is 12.1 Å². The van der Waals surface area contributed by atoms with Crippen molar-refractivity contribution in [2.75, 3.05) is 0 Å². The molecule has 2 aliphatic carbocycles. The molecule has 1 aromatic carbocycles. The van der Waals surface area contributed by atoms with Gasteiger partial charge in [0.15, 0.2) is 0 Å². The van der Waals surface area contributed by atoms with Crippen molar-refractivity contribution in [3.05, 3.63) is 53.3 Å². The van der Waals surface area contributed by atoms with Crippen molar-refractivity contribution in [1.82, 2.24) is 15.5 Å². The number of H-pyrrole nitrogens is 1. The molecular weight excluding hydrogens is 258 g/mol. The van der Waals surface area contributed by atoms with E-state index in [2.05, 4.69) is 46.7 Å². The molecule has 3 nitrogen and oxygen atoms in total. The molecule has 2 N–H and O–H groups in total. The number of nitrogens with zero attached hydrogens (tertiary/aromatic N) is 1. The van der Waals surface area contributed by atoms with Gasteiger partial charge in [-0.1, -0.05) is 24.3 Å². The number of hydrogen-bond acceptors (Lipinski definition) is 2. The van der Waals surface area contributed by atoms with Crippen LogP contribution in [0.4, 0.5) is 0 Å². The SMILES string of the molecule is CC(NC1C2CCC1Cc1ccccc1C2)c1cn[nH]c1. The summed E-state index contributed by atoms with van der Waals surface area (Å²) in [6, 6.07) is 10.0. The number of aromatic amines is 1. The predicted octanol–water partition coefficient (Wildman–Crippen LogP) is 3.25. The molecular formula is C18H23N3. The molecule has 1 aromatic heterocycles. The third-order valence-electron chi connectivity index (χ3n) is 5.47. The van der Waals surface area contributed by atoms with E-state index in [-0.39, 0.29) is 0 Å². The maximum Gasteiger partial charge on any atom is 0.0534 e. The van der Waals surface area contributed by atoms with Crippen LogP contribution in [0.25, 0.3) is 0 Å². The van der Waals surface area contributed by atoms with Gasteiger partial charge in [-0.25, -0.2) is 0 Å². The fourth-order valence-electron chi connectivity index (χ4n) is 4.31. The monoisotopic (exact) mass is 281 g/mol. The Kier molecular flexibility index (Phi) is 3.30. The molecule has 3 atom stereocenters. The summed E-state index contributed by atoms with van der Waals surface area (Å²) in [5, 5.41) is 10.9. The molecule has 0 aliphatic heterocycles. The molecule has 1 heterocycles. The van der Waals surface area contributed by atoms with E-state index in [0.717, 1.165) is 11.8 Å². The first-order valence-corrected chi connectivity index (χ1v) is 8.13. The Hall–Kier alpha value is -1.61. The van der Waals surface area contributed by atoms with E-state index >= 15 is 0 Å². The zero-order valence-electron chi connectivity index (χ0n) is 12.5. The highest BCUT2D eigenvalue weighted by atomic mass is 15.1. The van der Waals surface area contributed by atoms with E-state index in [1.807, 2.05) is 12.4 Å². The minimum atomic E-state index is 0.373. The lowest BCUT2D eigenvalue weighted by Gasteiger charge is -2.27. The molecule has 3 unspecified atom stereocenters. The molecule has 0 radical (unpaired) electrons. The summed E-state index contributed by atoms with van der Waals surface area (Å²) in [5.74, 6) is 1.57. The first kappa shape index (κ1) is 13.1. The lowest BCUT2D eigenvalue weighted by molar-refractivity contribution is 0.315. The van der Waals surface area contributed by atoms with Gasteiger partial charge < -0.3 is 5.32 Å². The van der Waals surface area contributed by atoms with Crippen molar-refractivity contribution in [2.45, 2.75) is 44.7 Å². The van der Waals surface area contributed by atoms with Gasteiger partial charge in [-0.2, -0.15) is 5.10 Å². The van der Waals surface area contributed by atoms with Crippen LogP contribution in [0.3, 0.4) is 0 Å². The molecule has 21 heavy (non-hydrogen) atoms. The highest BCUT2D eigenvalue weighted by molar-refractivity contribution is 5.31. The van der Waals surface area contributed by atoms with Crippen LogP contribution >= 0.6 is 0 Å². The molecule has 0 spiro atoms. The van der Waals surface area contributed by atoms with Crippen molar-refractivity contribution in [1.29, 1.82) is 0 Å². The zero-order chi connectivity index (χ0) is 14.2. The molecule has 0 saturated heterocycles. The van der Waals surface area contributed by atoms with Gasteiger partial charge in [-0.05, 0) is 55.6 Å². The molecule has 4 rings (SSSR count). The molecule has 2 bridgehead atoms. The van der Waals surface area contributed by atoms with Crippen LogP contribution in [0.5, 0.6) is 0 Å². The average Bonchev–Trinajstić information content (AvgIpc) is 3.08. The summed E-state index contributed by atoms with van der Waals surface area (Å²) >= 11 is 0. The Morgan fingerprint density at radius 2 is 1.81 bits per heavy atom. The molecule has 3 heteroatoms. The maximum atomic E-state index is 4.08. The van der Waals surface area contributed by atoms with Crippen LogP contribution in [0.1, 0.15) is 42.5 Å². The quantitative estimate of drug-likeness (QED) is 0.906. The van der Waals surface area contributed by atoms with Crippen LogP contribution in [0.2, 0.25) is 0 Å². The summed E-state index contributed by atoms with van der Waals surface area (Å²) in [6.45, 7) is 2.25. The number of benzene rings is 1. The second-order valence-corrected chi connectivity index (χ2v) is 6.72. The normalized spacial score (nSPS) is 28.9. The Bertz CT molecular complexity index is 572. The summed E-state index contributed by atoms with van der Waals surface area (Å²) in [4.78, 5) is 0. The Labute approximate surface area is 126 Å². The summed E-state index contributed by atoms with van der Waals surface area (Å²) in [5.41, 5.74) is 4.41. The molecule has 2 aromatic rings. The third kappa shape index (κ3) is 2.40. The van der Waals surface area contributed by atoms with Gasteiger partial charge in [0.1, 0.15) is 0 Å². The lowest BCUT2D eigenvalue weighted by Crippen LogP contribution is -2.39. The summed E-state index contributed by atoms with van der Waals surface area (Å²) in [7, 11) is 0. The van der Waals surface area contributed by atoms with E-state index in [9.17, 15) is 0 Å². The fourth-order valence-corrected chi connectivity index (χ4v) is 4.31. The van der Waals surface area contributed by atoms with Gasteiger partial charge in [-0.15, -0.1) is 0 Å². The first-order chi connectivity index (χ1) is 10.3. The molecule has 0 amide bonds. The minimum absolute atomic E-state index is 0.373. The van der Waals surface area contributed by atoms with Crippen LogP contribution in [-0.4, -0.2) is 16.2 Å². The van der Waals surface area contributed by atoms with E-state index in [1.54, 1.807) is 11.1 Å². The van der Waals surface area contributed by atoms with E-state index in [1.165, 1.54) is 31.2 Å². The number of aromatic nitrogens is 2. The Morgan fingerprint density at radius 3 is 2.38 bits per heavy atom. The Balaban J connectivity index is 1.55. The predicted molar refractivity (Wildman–Crippen MR) is 84.0 cm³/mol. The molecule has 1 saturated carbocycles. The smallest absolute Gasteiger partial charge is 0.0534 e. The van der Waals surface area contributed by atoms with E-state index in [4.69, 9.17) is 0 Å². The minimum Gasteiger partial charge on any atom is -0.307 e. The third-order valence-corrected chi connectivity index (χ3v) is 5.47. The number of hydrogen-bond donors (Lipinski definition) is 2. The lowest BCUT2D eigenvalue weighted by atomic mass is 9.94.